The number of hydrogen-bond donors (Lipinski definition) is 0. The number of amides is 1. The lowest BCUT2D eigenvalue weighted by Crippen LogP contribution is -2.41. The first-order valence-corrected chi connectivity index (χ1v) is 12.8. The average molecular weight is 547 g/mol. The van der Waals surface area contributed by atoms with Gasteiger partial charge >= 0.3 is 6.09 Å². The Bertz CT molecular complexity index is 1780. The van der Waals surface area contributed by atoms with Crippen molar-refractivity contribution in [3.8, 4) is 22.2 Å². The molecule has 0 spiro atoms. The molecule has 6 rings (SSSR count). The summed E-state index contributed by atoms with van der Waals surface area (Å²) in [6, 6.07) is 5.24. The summed E-state index contributed by atoms with van der Waals surface area (Å²) in [7, 11) is 3.08. The summed E-state index contributed by atoms with van der Waals surface area (Å²) in [4.78, 5) is 36.2. The molecule has 1 atom stereocenters. The molecule has 0 fully saturated rings. The highest BCUT2D eigenvalue weighted by Crippen LogP contribution is 2.46. The number of rotatable bonds is 4. The monoisotopic (exact) mass is 546 g/mol. The van der Waals surface area contributed by atoms with Crippen LogP contribution in [0.25, 0.3) is 31.8 Å². The van der Waals surface area contributed by atoms with Crippen LogP contribution >= 0.6 is 11.3 Å². The molecule has 0 bridgehead atoms. The average Bonchev–Trinajstić information content (AvgIpc) is 3.49. The van der Waals surface area contributed by atoms with Crippen LogP contribution in [0.2, 0.25) is 0 Å². The van der Waals surface area contributed by atoms with E-state index in [4.69, 9.17) is 19.2 Å². The van der Waals surface area contributed by atoms with Crippen molar-refractivity contribution in [1.29, 1.82) is 0 Å². The van der Waals surface area contributed by atoms with Crippen molar-refractivity contribution in [2.24, 2.45) is 0 Å². The number of thiazole rings is 1. The lowest BCUT2D eigenvalue weighted by atomic mass is 10.1. The molecule has 3 aromatic heterocycles. The number of ether oxygens (including phenoxy) is 3. The predicted molar refractivity (Wildman–Crippen MR) is 144 cm³/mol. The van der Waals surface area contributed by atoms with Gasteiger partial charge in [-0.15, -0.1) is 11.3 Å². The number of methoxy groups -OCH3 is 1. The number of aryl methyl sites for hydroxylation is 2. The van der Waals surface area contributed by atoms with Gasteiger partial charge in [0.2, 0.25) is 5.88 Å². The number of anilines is 1. The van der Waals surface area contributed by atoms with Gasteiger partial charge < -0.3 is 14.2 Å². The molecular weight excluding hydrogens is 523 g/mol. The van der Waals surface area contributed by atoms with Gasteiger partial charge in [0, 0.05) is 31.2 Å². The van der Waals surface area contributed by atoms with E-state index in [0.717, 1.165) is 15.8 Å². The van der Waals surface area contributed by atoms with Crippen molar-refractivity contribution in [3.63, 3.8) is 0 Å². The summed E-state index contributed by atoms with van der Waals surface area (Å²) < 4.78 is 32.8. The first kappa shape index (κ1) is 24.9. The van der Waals surface area contributed by atoms with Gasteiger partial charge in [-0.3, -0.25) is 4.90 Å². The SMILES string of the molecule is COc1cnc2c(-c3nc4cc(F)c5c(c4s3)C[C@@](C)(OC(=O)N(C)c3cnc(C)nc3)O5)cc(C)cc2n1. The standard InChI is InChI=1S/C27H23FN6O4S/c1-13-6-16(22-19(7-13)32-21(36-5)12-31-22)25-33-20-8-18(28)23-17(24(20)39-25)9-27(3,37-23)38-26(35)34(4)15-10-29-14(2)30-11-15/h6-8,10-12H,9H2,1-5H3/t27-/m1/s1. The van der Waals surface area contributed by atoms with E-state index in [-0.39, 0.29) is 12.2 Å². The lowest BCUT2D eigenvalue weighted by Gasteiger charge is -2.27. The second-order valence-electron chi connectivity index (χ2n) is 9.45. The molecule has 1 amide bonds. The van der Waals surface area contributed by atoms with Crippen molar-refractivity contribution >= 4 is 44.4 Å². The molecule has 0 aliphatic carbocycles. The largest absolute Gasteiger partial charge is 0.480 e. The molecule has 0 radical (unpaired) electrons. The van der Waals surface area contributed by atoms with Gasteiger partial charge in [-0.2, -0.15) is 0 Å². The van der Waals surface area contributed by atoms with Crippen LogP contribution in [0.1, 0.15) is 23.9 Å². The molecule has 1 aliphatic heterocycles. The van der Waals surface area contributed by atoms with Crippen LogP contribution in [-0.4, -0.2) is 51.0 Å². The lowest BCUT2D eigenvalue weighted by molar-refractivity contribution is -0.108. The predicted octanol–water partition coefficient (Wildman–Crippen LogP) is 5.39. The van der Waals surface area contributed by atoms with Crippen molar-refractivity contribution in [2.75, 3.05) is 19.1 Å². The number of benzene rings is 2. The molecule has 5 aromatic rings. The van der Waals surface area contributed by atoms with Crippen LogP contribution in [0.5, 0.6) is 11.6 Å². The summed E-state index contributed by atoms with van der Waals surface area (Å²) in [6.07, 6.45) is 4.06. The van der Waals surface area contributed by atoms with E-state index in [9.17, 15) is 4.79 Å². The van der Waals surface area contributed by atoms with Crippen LogP contribution < -0.4 is 14.4 Å². The topological polar surface area (TPSA) is 112 Å². The minimum absolute atomic E-state index is 0.0490. The van der Waals surface area contributed by atoms with Crippen LogP contribution in [0, 0.1) is 19.7 Å². The maximum absolute atomic E-state index is 15.2. The Hall–Kier alpha value is -4.45. The number of carbonyl (C=O) groups excluding carboxylic acids is 1. The zero-order valence-electron chi connectivity index (χ0n) is 21.8. The minimum Gasteiger partial charge on any atom is -0.480 e. The van der Waals surface area contributed by atoms with Crippen LogP contribution in [0.15, 0.2) is 36.8 Å². The van der Waals surface area contributed by atoms with Gasteiger partial charge in [-0.1, -0.05) is 0 Å². The maximum atomic E-state index is 15.2. The fourth-order valence-corrected chi connectivity index (χ4v) is 5.62. The molecule has 0 unspecified atom stereocenters. The zero-order valence-corrected chi connectivity index (χ0v) is 22.6. The molecule has 2 aromatic carbocycles. The number of carbonyl (C=O) groups is 1. The normalized spacial score (nSPS) is 16.3. The van der Waals surface area contributed by atoms with E-state index < -0.39 is 17.7 Å². The Morgan fingerprint density at radius 3 is 2.62 bits per heavy atom. The third-order valence-electron chi connectivity index (χ3n) is 6.44. The number of aromatic nitrogens is 5. The molecule has 0 saturated heterocycles. The highest BCUT2D eigenvalue weighted by atomic mass is 32.1. The third-order valence-corrected chi connectivity index (χ3v) is 7.60. The van der Waals surface area contributed by atoms with Gasteiger partial charge in [-0.05, 0) is 31.5 Å². The van der Waals surface area contributed by atoms with E-state index in [0.29, 0.717) is 44.5 Å². The van der Waals surface area contributed by atoms with E-state index >= 15 is 4.39 Å². The molecule has 10 nitrogen and oxygen atoms in total. The van der Waals surface area contributed by atoms with Crippen molar-refractivity contribution in [2.45, 2.75) is 33.0 Å². The highest BCUT2D eigenvalue weighted by molar-refractivity contribution is 7.22. The fraction of sp³-hybridized carbons (Fsp3) is 0.259. The zero-order chi connectivity index (χ0) is 27.5. The van der Waals surface area contributed by atoms with Crippen LogP contribution in [-0.2, 0) is 11.2 Å². The number of halogens is 1. The van der Waals surface area contributed by atoms with Crippen molar-refractivity contribution < 1.29 is 23.4 Å². The van der Waals surface area contributed by atoms with Gasteiger partial charge in [0.15, 0.2) is 11.6 Å². The maximum Gasteiger partial charge on any atom is 0.417 e. The van der Waals surface area contributed by atoms with E-state index in [1.807, 2.05) is 19.1 Å². The molecule has 39 heavy (non-hydrogen) atoms. The van der Waals surface area contributed by atoms with Crippen LogP contribution in [0.3, 0.4) is 0 Å². The Labute approximate surface area is 226 Å². The molecule has 12 heteroatoms. The van der Waals surface area contributed by atoms with E-state index in [1.54, 1.807) is 27.1 Å². The Kier molecular flexibility index (Phi) is 5.79. The summed E-state index contributed by atoms with van der Waals surface area (Å²) >= 11 is 1.40. The Balaban J connectivity index is 1.35. The third kappa shape index (κ3) is 4.36. The number of nitrogens with zero attached hydrogens (tertiary/aromatic N) is 6. The van der Waals surface area contributed by atoms with Gasteiger partial charge in [0.1, 0.15) is 10.8 Å². The summed E-state index contributed by atoms with van der Waals surface area (Å²) in [5.41, 5.74) is 4.62. The van der Waals surface area contributed by atoms with Crippen LogP contribution in [0.4, 0.5) is 14.9 Å². The first-order valence-electron chi connectivity index (χ1n) is 12.0. The molecule has 0 N–H and O–H groups in total. The Morgan fingerprint density at radius 2 is 1.87 bits per heavy atom. The second kappa shape index (κ2) is 9.09. The number of hydrogen-bond acceptors (Lipinski definition) is 10. The quantitative estimate of drug-likeness (QED) is 0.293. The van der Waals surface area contributed by atoms with Gasteiger partial charge in [0.05, 0.1) is 59.1 Å². The Morgan fingerprint density at radius 1 is 1.10 bits per heavy atom. The van der Waals surface area contributed by atoms with Gasteiger partial charge in [0.25, 0.3) is 5.79 Å². The van der Waals surface area contributed by atoms with Crippen molar-refractivity contribution in [1.82, 2.24) is 24.9 Å². The second-order valence-corrected chi connectivity index (χ2v) is 10.5. The number of fused-ring (bicyclic) bond motifs is 4. The molecule has 1 aliphatic rings. The summed E-state index contributed by atoms with van der Waals surface area (Å²) in [5.74, 6) is -0.956. The van der Waals surface area contributed by atoms with E-state index in [1.165, 1.54) is 41.8 Å². The minimum atomic E-state index is -1.42. The van der Waals surface area contributed by atoms with Crippen molar-refractivity contribution in [3.05, 3.63) is 59.6 Å². The molecule has 4 heterocycles. The fourth-order valence-electron chi connectivity index (χ4n) is 4.52. The van der Waals surface area contributed by atoms with E-state index in [2.05, 4.69) is 19.9 Å². The summed E-state index contributed by atoms with van der Waals surface area (Å²) in [6.45, 7) is 5.32. The molecule has 198 valence electrons. The molecule has 0 saturated carbocycles. The van der Waals surface area contributed by atoms with Gasteiger partial charge in [-0.25, -0.2) is 34.1 Å². The molecular formula is C27H23FN6O4S. The highest BCUT2D eigenvalue weighted by Gasteiger charge is 2.43. The smallest absolute Gasteiger partial charge is 0.417 e. The first-order chi connectivity index (χ1) is 18.6. The summed E-state index contributed by atoms with van der Waals surface area (Å²) in [5, 5.41) is 0.663.